The molecule has 0 atom stereocenters. The molecule has 0 saturated carbocycles. The van der Waals surface area contributed by atoms with E-state index in [2.05, 4.69) is 19.9 Å². The molecule has 1 saturated heterocycles. The summed E-state index contributed by atoms with van der Waals surface area (Å²) in [5.74, 6) is 0.0792. The molecule has 5 heteroatoms. The summed E-state index contributed by atoms with van der Waals surface area (Å²) in [6.45, 7) is 8.99. The number of aryl methyl sites for hydroxylation is 1. The van der Waals surface area contributed by atoms with Gasteiger partial charge in [-0.15, -0.1) is 0 Å². The zero-order valence-electron chi connectivity index (χ0n) is 16.6. The minimum absolute atomic E-state index is 0.0792. The van der Waals surface area contributed by atoms with Crippen molar-refractivity contribution in [2.24, 2.45) is 0 Å². The number of carbonyl (C=O) groups excluding carboxylic acids is 1. The molecule has 0 unspecified atom stereocenters. The van der Waals surface area contributed by atoms with Crippen molar-refractivity contribution in [1.29, 1.82) is 0 Å². The lowest BCUT2D eigenvalue weighted by Gasteiger charge is -2.31. The van der Waals surface area contributed by atoms with Crippen LogP contribution in [0.3, 0.4) is 0 Å². The summed E-state index contributed by atoms with van der Waals surface area (Å²) in [4.78, 5) is 16.9. The number of nitrogens with one attached hydrogen (secondary N) is 1. The normalized spacial score (nSPS) is 15.0. The molecule has 2 aromatic carbocycles. The number of quaternary nitrogens is 1. The number of para-hydroxylation sites is 1. The van der Waals surface area contributed by atoms with Gasteiger partial charge in [-0.25, -0.2) is 4.68 Å². The lowest BCUT2D eigenvalue weighted by Crippen LogP contribution is -3.14. The molecule has 144 valence electrons. The van der Waals surface area contributed by atoms with Gasteiger partial charge >= 0.3 is 0 Å². The fraction of sp³-hybridized carbons (Fsp3) is 0.304. The number of aromatic nitrogens is 2. The summed E-state index contributed by atoms with van der Waals surface area (Å²) < 4.78 is 1.82. The third-order valence-corrected chi connectivity index (χ3v) is 5.62. The van der Waals surface area contributed by atoms with Crippen molar-refractivity contribution in [1.82, 2.24) is 14.7 Å². The fourth-order valence-electron chi connectivity index (χ4n) is 3.83. The Kier molecular flexibility index (Phi) is 5.26. The smallest absolute Gasteiger partial charge is 0.258 e. The van der Waals surface area contributed by atoms with Crippen LogP contribution in [0.1, 0.15) is 22.8 Å². The average molecular weight is 375 g/mol. The van der Waals surface area contributed by atoms with Gasteiger partial charge in [0.15, 0.2) is 0 Å². The van der Waals surface area contributed by atoms with Crippen LogP contribution in [0, 0.1) is 6.92 Å². The van der Waals surface area contributed by atoms with Crippen LogP contribution in [0.5, 0.6) is 0 Å². The largest absolute Gasteiger partial charge is 0.332 e. The van der Waals surface area contributed by atoms with Crippen LogP contribution in [0.25, 0.3) is 16.9 Å². The minimum atomic E-state index is 0.0792. The standard InChI is InChI=1S/C23H26N4O/c1-3-25-13-15-26(16-14-25)23(28)21-17-27(19-10-5-4-6-11-19)24-22(21)20-12-8-7-9-18(20)2/h4-12,17H,3,13-16H2,1-2H3/p+1. The second-order valence-corrected chi connectivity index (χ2v) is 7.38. The molecule has 5 nitrogen and oxygen atoms in total. The average Bonchev–Trinajstić information content (AvgIpc) is 3.19. The highest BCUT2D eigenvalue weighted by atomic mass is 16.2. The van der Waals surface area contributed by atoms with Gasteiger partial charge in [-0.3, -0.25) is 4.79 Å². The first-order valence-corrected chi connectivity index (χ1v) is 10.0. The van der Waals surface area contributed by atoms with Crippen LogP contribution in [0.2, 0.25) is 0 Å². The quantitative estimate of drug-likeness (QED) is 0.760. The van der Waals surface area contributed by atoms with E-state index in [-0.39, 0.29) is 5.91 Å². The number of nitrogens with zero attached hydrogens (tertiary/aromatic N) is 3. The number of hydrogen-bond acceptors (Lipinski definition) is 2. The van der Waals surface area contributed by atoms with E-state index in [0.29, 0.717) is 5.56 Å². The second kappa shape index (κ2) is 7.98. The van der Waals surface area contributed by atoms with Crippen molar-refractivity contribution < 1.29 is 9.69 Å². The highest BCUT2D eigenvalue weighted by molar-refractivity contribution is 6.00. The molecule has 2 heterocycles. The van der Waals surface area contributed by atoms with Gasteiger partial charge < -0.3 is 9.80 Å². The zero-order valence-corrected chi connectivity index (χ0v) is 16.6. The highest BCUT2D eigenvalue weighted by Gasteiger charge is 2.28. The summed E-state index contributed by atoms with van der Waals surface area (Å²) in [5.41, 5.74) is 4.53. The number of piperazine rings is 1. The Balaban J connectivity index is 1.74. The Labute approximate surface area is 166 Å². The number of hydrogen-bond donors (Lipinski definition) is 1. The van der Waals surface area contributed by atoms with E-state index in [4.69, 9.17) is 5.10 Å². The van der Waals surface area contributed by atoms with E-state index >= 15 is 0 Å². The van der Waals surface area contributed by atoms with E-state index in [9.17, 15) is 4.79 Å². The van der Waals surface area contributed by atoms with Crippen molar-refractivity contribution in [2.75, 3.05) is 32.7 Å². The van der Waals surface area contributed by atoms with E-state index in [0.717, 1.165) is 55.2 Å². The monoisotopic (exact) mass is 375 g/mol. The molecule has 3 aromatic rings. The number of likely N-dealkylation sites (N-methyl/N-ethyl adjacent to an activating group) is 1. The number of amides is 1. The number of benzene rings is 2. The van der Waals surface area contributed by atoms with Crippen molar-refractivity contribution in [3.05, 3.63) is 71.9 Å². The highest BCUT2D eigenvalue weighted by Crippen LogP contribution is 2.27. The SMILES string of the molecule is CC[NH+]1CCN(C(=O)c2cn(-c3ccccc3)nc2-c2ccccc2C)CC1. The Hall–Kier alpha value is -2.92. The maximum absolute atomic E-state index is 13.4. The van der Waals surface area contributed by atoms with Crippen LogP contribution in [0.15, 0.2) is 60.8 Å². The van der Waals surface area contributed by atoms with Crippen LogP contribution < -0.4 is 4.90 Å². The third kappa shape index (κ3) is 3.58. The van der Waals surface area contributed by atoms with Crippen LogP contribution in [0.4, 0.5) is 0 Å². The molecule has 1 aromatic heterocycles. The first-order chi connectivity index (χ1) is 13.7. The van der Waals surface area contributed by atoms with Gasteiger partial charge in [0.2, 0.25) is 0 Å². The van der Waals surface area contributed by atoms with Crippen LogP contribution in [-0.2, 0) is 0 Å². The first kappa shape index (κ1) is 18.4. The minimum Gasteiger partial charge on any atom is -0.332 e. The molecule has 28 heavy (non-hydrogen) atoms. The second-order valence-electron chi connectivity index (χ2n) is 7.38. The molecule has 0 spiro atoms. The molecule has 1 aliphatic rings. The summed E-state index contributed by atoms with van der Waals surface area (Å²) >= 11 is 0. The topological polar surface area (TPSA) is 42.6 Å². The molecule has 1 aliphatic heterocycles. The number of rotatable bonds is 4. The molecular formula is C23H27N4O+. The van der Waals surface area contributed by atoms with E-state index in [1.54, 1.807) is 4.90 Å². The molecular weight excluding hydrogens is 348 g/mol. The van der Waals surface area contributed by atoms with Crippen LogP contribution >= 0.6 is 0 Å². The maximum Gasteiger partial charge on any atom is 0.258 e. The maximum atomic E-state index is 13.4. The van der Waals surface area contributed by atoms with Gasteiger partial charge in [-0.05, 0) is 31.5 Å². The lowest BCUT2D eigenvalue weighted by molar-refractivity contribution is -0.902. The Bertz CT molecular complexity index is 956. The van der Waals surface area contributed by atoms with Crippen molar-refractivity contribution in [3.8, 4) is 16.9 Å². The van der Waals surface area contributed by atoms with Crippen molar-refractivity contribution in [2.45, 2.75) is 13.8 Å². The predicted molar refractivity (Wildman–Crippen MR) is 111 cm³/mol. The first-order valence-electron chi connectivity index (χ1n) is 10.0. The van der Waals surface area contributed by atoms with Crippen LogP contribution in [-0.4, -0.2) is 53.3 Å². The molecule has 1 N–H and O–H groups in total. The summed E-state index contributed by atoms with van der Waals surface area (Å²) in [6, 6.07) is 18.1. The molecule has 4 rings (SSSR count). The van der Waals surface area contributed by atoms with E-state index < -0.39 is 0 Å². The zero-order chi connectivity index (χ0) is 19.5. The van der Waals surface area contributed by atoms with Gasteiger partial charge in [0.1, 0.15) is 5.69 Å². The molecule has 1 fully saturated rings. The van der Waals surface area contributed by atoms with Gasteiger partial charge in [0.05, 0.1) is 44.0 Å². The summed E-state index contributed by atoms with van der Waals surface area (Å²) in [7, 11) is 0. The Morgan fingerprint density at radius 2 is 1.71 bits per heavy atom. The number of carbonyl (C=O) groups is 1. The molecule has 0 radical (unpaired) electrons. The van der Waals surface area contributed by atoms with Gasteiger partial charge in [-0.2, -0.15) is 5.10 Å². The third-order valence-electron chi connectivity index (χ3n) is 5.62. The van der Waals surface area contributed by atoms with E-state index in [1.807, 2.05) is 64.3 Å². The molecule has 0 aliphatic carbocycles. The fourth-order valence-corrected chi connectivity index (χ4v) is 3.83. The van der Waals surface area contributed by atoms with Gasteiger partial charge in [0, 0.05) is 11.8 Å². The van der Waals surface area contributed by atoms with Crippen molar-refractivity contribution >= 4 is 5.91 Å². The Morgan fingerprint density at radius 3 is 2.39 bits per heavy atom. The molecule has 1 amide bonds. The lowest BCUT2D eigenvalue weighted by atomic mass is 10.0. The predicted octanol–water partition coefficient (Wildman–Crippen LogP) is 2.21. The molecule has 0 bridgehead atoms. The van der Waals surface area contributed by atoms with Gasteiger partial charge in [-0.1, -0.05) is 42.5 Å². The summed E-state index contributed by atoms with van der Waals surface area (Å²) in [5, 5.41) is 4.82. The van der Waals surface area contributed by atoms with Gasteiger partial charge in [0.25, 0.3) is 5.91 Å². The summed E-state index contributed by atoms with van der Waals surface area (Å²) in [6.07, 6.45) is 1.89. The Morgan fingerprint density at radius 1 is 1.04 bits per heavy atom. The van der Waals surface area contributed by atoms with E-state index in [1.165, 1.54) is 0 Å². The van der Waals surface area contributed by atoms with Crippen molar-refractivity contribution in [3.63, 3.8) is 0 Å².